The van der Waals surface area contributed by atoms with Crippen molar-refractivity contribution in [3.05, 3.63) is 97.4 Å². The van der Waals surface area contributed by atoms with Crippen LogP contribution in [-0.4, -0.2) is 35.9 Å². The standard InChI is InChI=1S/C26H24BrCl3N2O3/c1-2-31-26(34)23(13-17-7-4-3-5-8-17)32(15-19-20(28)9-6-10-21(19)29)25(33)16-35-24-12-11-18(27)14-22(24)30/h3-12,14,23H,2,13,15-16H2,1H3,(H,31,34)/t23-/m1/s1. The van der Waals surface area contributed by atoms with Crippen molar-refractivity contribution in [2.45, 2.75) is 25.9 Å². The second-order valence-corrected chi connectivity index (χ2v) is 9.82. The number of amides is 2. The first kappa shape index (κ1) is 27.3. The number of rotatable bonds is 10. The maximum atomic E-state index is 13.5. The first-order chi connectivity index (χ1) is 16.8. The van der Waals surface area contributed by atoms with Gasteiger partial charge in [0, 0.05) is 39.6 Å². The van der Waals surface area contributed by atoms with Gasteiger partial charge in [-0.3, -0.25) is 9.59 Å². The zero-order valence-corrected chi connectivity index (χ0v) is 22.8. The number of carbonyl (C=O) groups excluding carboxylic acids is 2. The molecule has 0 fully saturated rings. The summed E-state index contributed by atoms with van der Waals surface area (Å²) in [4.78, 5) is 28.2. The summed E-state index contributed by atoms with van der Waals surface area (Å²) in [6, 6.07) is 18.9. The topological polar surface area (TPSA) is 58.6 Å². The first-order valence-electron chi connectivity index (χ1n) is 10.9. The highest BCUT2D eigenvalue weighted by Crippen LogP contribution is 2.29. The normalized spacial score (nSPS) is 11.6. The molecule has 0 aliphatic heterocycles. The van der Waals surface area contributed by atoms with Crippen LogP contribution in [0.25, 0.3) is 0 Å². The molecule has 0 bridgehead atoms. The number of carbonyl (C=O) groups is 2. The Morgan fingerprint density at radius 2 is 1.66 bits per heavy atom. The van der Waals surface area contributed by atoms with E-state index in [0.29, 0.717) is 39.3 Å². The van der Waals surface area contributed by atoms with Crippen LogP contribution in [0.5, 0.6) is 5.75 Å². The molecule has 3 rings (SSSR count). The molecule has 1 N–H and O–H groups in total. The van der Waals surface area contributed by atoms with Gasteiger partial charge in [0.2, 0.25) is 5.91 Å². The second kappa shape index (κ2) is 13.2. The minimum Gasteiger partial charge on any atom is -0.482 e. The summed E-state index contributed by atoms with van der Waals surface area (Å²) >= 11 is 22.4. The van der Waals surface area contributed by atoms with Gasteiger partial charge in [-0.25, -0.2) is 0 Å². The largest absolute Gasteiger partial charge is 0.482 e. The Kier molecular flexibility index (Phi) is 10.3. The van der Waals surface area contributed by atoms with Gasteiger partial charge in [0.15, 0.2) is 6.61 Å². The summed E-state index contributed by atoms with van der Waals surface area (Å²) in [5.74, 6) is -0.335. The molecule has 0 aromatic heterocycles. The van der Waals surface area contributed by atoms with Crippen LogP contribution in [0.1, 0.15) is 18.1 Å². The summed E-state index contributed by atoms with van der Waals surface area (Å²) < 4.78 is 6.52. The number of benzene rings is 3. The maximum absolute atomic E-state index is 13.5. The number of likely N-dealkylation sites (N-methyl/N-ethyl adjacent to an activating group) is 1. The molecule has 0 unspecified atom stereocenters. The predicted molar refractivity (Wildman–Crippen MR) is 144 cm³/mol. The summed E-state index contributed by atoms with van der Waals surface area (Å²) in [7, 11) is 0. The molecule has 1 atom stereocenters. The minimum atomic E-state index is -0.818. The third-order valence-electron chi connectivity index (χ3n) is 5.26. The van der Waals surface area contributed by atoms with Crippen molar-refractivity contribution in [2.24, 2.45) is 0 Å². The van der Waals surface area contributed by atoms with E-state index in [1.807, 2.05) is 37.3 Å². The number of hydrogen-bond donors (Lipinski definition) is 1. The molecule has 0 spiro atoms. The SMILES string of the molecule is CCNC(=O)[C@@H](Cc1ccccc1)N(Cc1c(Cl)cccc1Cl)C(=O)COc1ccc(Br)cc1Cl. The van der Waals surface area contributed by atoms with E-state index in [-0.39, 0.29) is 19.1 Å². The van der Waals surface area contributed by atoms with Crippen molar-refractivity contribution in [1.29, 1.82) is 0 Å². The molecule has 184 valence electrons. The van der Waals surface area contributed by atoms with Crippen molar-refractivity contribution in [3.8, 4) is 5.75 Å². The Balaban J connectivity index is 1.95. The molecule has 0 saturated heterocycles. The average Bonchev–Trinajstić information content (AvgIpc) is 2.83. The molecule has 0 heterocycles. The van der Waals surface area contributed by atoms with Gasteiger partial charge in [0.05, 0.1) is 5.02 Å². The minimum absolute atomic E-state index is 0.0312. The highest BCUT2D eigenvalue weighted by Gasteiger charge is 2.31. The molecule has 3 aromatic carbocycles. The maximum Gasteiger partial charge on any atom is 0.261 e. The second-order valence-electron chi connectivity index (χ2n) is 7.69. The Morgan fingerprint density at radius 3 is 2.29 bits per heavy atom. The lowest BCUT2D eigenvalue weighted by Gasteiger charge is -2.32. The molecular weight excluding hydrogens is 575 g/mol. The molecule has 5 nitrogen and oxygen atoms in total. The molecule has 2 amide bonds. The third-order valence-corrected chi connectivity index (χ3v) is 6.75. The van der Waals surface area contributed by atoms with Crippen LogP contribution >= 0.6 is 50.7 Å². The fourth-order valence-corrected chi connectivity index (χ4v) is 4.76. The van der Waals surface area contributed by atoms with Crippen molar-refractivity contribution < 1.29 is 14.3 Å². The van der Waals surface area contributed by atoms with E-state index in [2.05, 4.69) is 21.2 Å². The molecular formula is C26H24BrCl3N2O3. The predicted octanol–water partition coefficient (Wildman–Crippen LogP) is 6.56. The molecule has 35 heavy (non-hydrogen) atoms. The summed E-state index contributed by atoms with van der Waals surface area (Å²) in [5, 5.41) is 4.01. The highest BCUT2D eigenvalue weighted by molar-refractivity contribution is 9.10. The van der Waals surface area contributed by atoms with E-state index in [9.17, 15) is 9.59 Å². The Bertz CT molecular complexity index is 1160. The van der Waals surface area contributed by atoms with Gasteiger partial charge in [-0.2, -0.15) is 0 Å². The summed E-state index contributed by atoms with van der Waals surface area (Å²) in [5.41, 5.74) is 1.46. The third kappa shape index (κ3) is 7.61. The zero-order chi connectivity index (χ0) is 25.4. The van der Waals surface area contributed by atoms with E-state index in [0.717, 1.165) is 10.0 Å². The van der Waals surface area contributed by atoms with Crippen molar-refractivity contribution >= 4 is 62.5 Å². The fraction of sp³-hybridized carbons (Fsp3) is 0.231. The fourth-order valence-electron chi connectivity index (χ4n) is 3.51. The van der Waals surface area contributed by atoms with Crippen LogP contribution in [0.15, 0.2) is 71.2 Å². The van der Waals surface area contributed by atoms with Crippen molar-refractivity contribution in [1.82, 2.24) is 10.2 Å². The number of nitrogens with one attached hydrogen (secondary N) is 1. The lowest BCUT2D eigenvalue weighted by atomic mass is 10.0. The summed E-state index contributed by atoms with van der Waals surface area (Å²) in [6.07, 6.45) is 0.305. The van der Waals surface area contributed by atoms with Gasteiger partial charge in [-0.15, -0.1) is 0 Å². The van der Waals surface area contributed by atoms with Crippen LogP contribution in [0.4, 0.5) is 0 Å². The van der Waals surface area contributed by atoms with Crippen LogP contribution < -0.4 is 10.1 Å². The van der Waals surface area contributed by atoms with Crippen molar-refractivity contribution in [2.75, 3.05) is 13.2 Å². The molecule has 3 aromatic rings. The van der Waals surface area contributed by atoms with Gasteiger partial charge in [-0.1, -0.05) is 87.1 Å². The van der Waals surface area contributed by atoms with E-state index in [1.165, 1.54) is 4.90 Å². The average molecular weight is 599 g/mol. The smallest absolute Gasteiger partial charge is 0.261 e. The van der Waals surface area contributed by atoms with Crippen LogP contribution in [-0.2, 0) is 22.6 Å². The van der Waals surface area contributed by atoms with Crippen molar-refractivity contribution in [3.63, 3.8) is 0 Å². The summed E-state index contributed by atoms with van der Waals surface area (Å²) in [6.45, 7) is 1.95. The van der Waals surface area contributed by atoms with Crippen LogP contribution in [0.3, 0.4) is 0 Å². The Labute approximate surface area is 228 Å². The number of halogens is 4. The van der Waals surface area contributed by atoms with Crippen LogP contribution in [0.2, 0.25) is 15.1 Å². The quantitative estimate of drug-likeness (QED) is 0.288. The number of ether oxygens (including phenoxy) is 1. The monoisotopic (exact) mass is 596 g/mol. The zero-order valence-electron chi connectivity index (χ0n) is 18.9. The molecule has 0 saturated carbocycles. The molecule has 0 aliphatic carbocycles. The highest BCUT2D eigenvalue weighted by atomic mass is 79.9. The van der Waals surface area contributed by atoms with Crippen LogP contribution in [0, 0.1) is 0 Å². The van der Waals surface area contributed by atoms with Gasteiger partial charge in [0.25, 0.3) is 5.91 Å². The van der Waals surface area contributed by atoms with E-state index in [4.69, 9.17) is 39.5 Å². The number of hydrogen-bond acceptors (Lipinski definition) is 3. The van der Waals surface area contributed by atoms with Gasteiger partial charge >= 0.3 is 0 Å². The molecule has 9 heteroatoms. The molecule has 0 aliphatic rings. The van der Waals surface area contributed by atoms with Gasteiger partial charge < -0.3 is 15.0 Å². The molecule has 0 radical (unpaired) electrons. The van der Waals surface area contributed by atoms with E-state index < -0.39 is 11.9 Å². The van der Waals surface area contributed by atoms with Gasteiger partial charge in [-0.05, 0) is 42.8 Å². The van der Waals surface area contributed by atoms with E-state index in [1.54, 1.807) is 36.4 Å². The van der Waals surface area contributed by atoms with Gasteiger partial charge in [0.1, 0.15) is 11.8 Å². The van der Waals surface area contributed by atoms with E-state index >= 15 is 0 Å². The lowest BCUT2D eigenvalue weighted by molar-refractivity contribution is -0.142. The first-order valence-corrected chi connectivity index (χ1v) is 12.8. The Morgan fingerprint density at radius 1 is 0.971 bits per heavy atom. The lowest BCUT2D eigenvalue weighted by Crippen LogP contribution is -2.51. The number of nitrogens with zero attached hydrogens (tertiary/aromatic N) is 1. The Hall–Kier alpha value is -2.25.